The number of nitrogens with zero attached hydrogens (tertiary/aromatic N) is 1. The summed E-state index contributed by atoms with van der Waals surface area (Å²) in [5, 5.41) is 0. The van der Waals surface area contributed by atoms with Gasteiger partial charge < -0.3 is 0 Å². The zero-order valence-corrected chi connectivity index (χ0v) is 11.3. The van der Waals surface area contributed by atoms with E-state index >= 15 is 0 Å². The van der Waals surface area contributed by atoms with Gasteiger partial charge in [-0.25, -0.2) is 4.39 Å². The van der Waals surface area contributed by atoms with Crippen molar-refractivity contribution in [1.29, 1.82) is 0 Å². The van der Waals surface area contributed by atoms with Gasteiger partial charge in [-0.15, -0.1) is 0 Å². The van der Waals surface area contributed by atoms with Crippen molar-refractivity contribution in [3.05, 3.63) is 64.2 Å². The van der Waals surface area contributed by atoms with Crippen molar-refractivity contribution in [2.24, 2.45) is 0 Å². The molecule has 0 radical (unpaired) electrons. The molecular weight excluding hydrogens is 286 g/mol. The highest BCUT2D eigenvalue weighted by Crippen LogP contribution is 2.32. The first-order valence-electron chi connectivity index (χ1n) is 6.05. The van der Waals surface area contributed by atoms with Crippen molar-refractivity contribution in [3.63, 3.8) is 0 Å². The van der Waals surface area contributed by atoms with Crippen LogP contribution in [-0.4, -0.2) is 10.8 Å². The van der Waals surface area contributed by atoms with E-state index in [4.69, 9.17) is 0 Å². The minimum atomic E-state index is -4.85. The molecule has 2 nitrogen and oxygen atoms in total. The fourth-order valence-corrected chi connectivity index (χ4v) is 1.97. The van der Waals surface area contributed by atoms with E-state index in [0.717, 1.165) is 11.6 Å². The smallest absolute Gasteiger partial charge is 0.287 e. The van der Waals surface area contributed by atoms with Gasteiger partial charge in [-0.2, -0.15) is 13.2 Å². The van der Waals surface area contributed by atoms with Gasteiger partial charge in [-0.1, -0.05) is 6.07 Å². The van der Waals surface area contributed by atoms with Crippen LogP contribution in [0.3, 0.4) is 0 Å². The first-order chi connectivity index (χ1) is 9.70. The van der Waals surface area contributed by atoms with Gasteiger partial charge >= 0.3 is 6.18 Å². The summed E-state index contributed by atoms with van der Waals surface area (Å²) in [5.41, 5.74) is -0.265. The van der Waals surface area contributed by atoms with Crippen LogP contribution in [0.15, 0.2) is 30.5 Å². The van der Waals surface area contributed by atoms with Crippen molar-refractivity contribution in [3.8, 4) is 0 Å². The van der Waals surface area contributed by atoms with Crippen LogP contribution < -0.4 is 0 Å². The number of hydrogen-bond donors (Lipinski definition) is 0. The highest BCUT2D eigenvalue weighted by molar-refractivity contribution is 6.08. The Morgan fingerprint density at radius 2 is 1.81 bits per heavy atom. The maximum absolute atomic E-state index is 13.2. The molecule has 1 aromatic heterocycles. The molecule has 0 bridgehead atoms. The molecule has 0 saturated carbocycles. The van der Waals surface area contributed by atoms with Crippen LogP contribution in [0.25, 0.3) is 0 Å². The number of halogens is 4. The van der Waals surface area contributed by atoms with Crippen LogP contribution in [0.2, 0.25) is 0 Å². The summed E-state index contributed by atoms with van der Waals surface area (Å²) in [7, 11) is 0. The number of hydrogen-bond acceptors (Lipinski definition) is 2. The Hall–Kier alpha value is -2.24. The summed E-state index contributed by atoms with van der Waals surface area (Å²) in [4.78, 5) is 16.2. The topological polar surface area (TPSA) is 30.0 Å². The molecule has 2 rings (SSSR count). The fourth-order valence-electron chi connectivity index (χ4n) is 1.97. The Labute approximate surface area is 118 Å². The van der Waals surface area contributed by atoms with Gasteiger partial charge in [-0.3, -0.25) is 9.78 Å². The molecule has 2 aromatic rings. The molecule has 0 unspecified atom stereocenters. The van der Waals surface area contributed by atoms with Crippen LogP contribution in [0, 0.1) is 19.7 Å². The summed E-state index contributed by atoms with van der Waals surface area (Å²) in [6.07, 6.45) is -3.40. The monoisotopic (exact) mass is 297 g/mol. The maximum Gasteiger partial charge on any atom is 0.419 e. The standard InChI is InChI=1S/C15H11F4NO/c1-8-5-9(2)13(20-7-8)14(21)10-3-4-12(16)11(6-10)15(17,18)19/h3-7H,1-2H3. The molecule has 0 aliphatic rings. The Morgan fingerprint density at radius 3 is 2.38 bits per heavy atom. The van der Waals surface area contributed by atoms with Gasteiger partial charge in [0.2, 0.25) is 5.78 Å². The molecule has 0 N–H and O–H groups in total. The van der Waals surface area contributed by atoms with E-state index in [0.29, 0.717) is 17.7 Å². The lowest BCUT2D eigenvalue weighted by molar-refractivity contribution is -0.140. The van der Waals surface area contributed by atoms with Gasteiger partial charge in [0, 0.05) is 11.8 Å². The highest BCUT2D eigenvalue weighted by atomic mass is 19.4. The number of aryl methyl sites for hydroxylation is 2. The number of pyridine rings is 1. The van der Waals surface area contributed by atoms with Crippen molar-refractivity contribution < 1.29 is 22.4 Å². The van der Waals surface area contributed by atoms with Crippen LogP contribution in [0.5, 0.6) is 0 Å². The molecule has 0 amide bonds. The Kier molecular flexibility index (Phi) is 3.80. The molecular formula is C15H11F4NO. The lowest BCUT2D eigenvalue weighted by atomic mass is 10.0. The maximum atomic E-state index is 13.2. The first-order valence-corrected chi connectivity index (χ1v) is 6.05. The summed E-state index contributed by atoms with van der Waals surface area (Å²) in [6, 6.07) is 3.88. The number of aromatic nitrogens is 1. The zero-order chi connectivity index (χ0) is 15.8. The number of carbonyl (C=O) groups excluding carboxylic acids is 1. The molecule has 0 aliphatic heterocycles. The van der Waals surface area contributed by atoms with E-state index in [2.05, 4.69) is 4.98 Å². The first kappa shape index (κ1) is 15.2. The summed E-state index contributed by atoms with van der Waals surface area (Å²) >= 11 is 0. The van der Waals surface area contributed by atoms with Gasteiger partial charge in [0.15, 0.2) is 0 Å². The number of rotatable bonds is 2. The van der Waals surface area contributed by atoms with E-state index in [1.165, 1.54) is 6.20 Å². The molecule has 1 aromatic carbocycles. The van der Waals surface area contributed by atoms with Crippen molar-refractivity contribution in [2.75, 3.05) is 0 Å². The van der Waals surface area contributed by atoms with Gasteiger partial charge in [0.05, 0.1) is 5.56 Å². The lowest BCUT2D eigenvalue weighted by Gasteiger charge is -2.10. The van der Waals surface area contributed by atoms with Crippen LogP contribution in [0.1, 0.15) is 32.7 Å². The average Bonchev–Trinajstić information content (AvgIpc) is 2.37. The number of alkyl halides is 3. The van der Waals surface area contributed by atoms with E-state index < -0.39 is 23.3 Å². The van der Waals surface area contributed by atoms with E-state index in [1.807, 2.05) is 0 Å². The Morgan fingerprint density at radius 1 is 1.14 bits per heavy atom. The molecule has 6 heteroatoms. The van der Waals surface area contributed by atoms with E-state index in [-0.39, 0.29) is 11.3 Å². The normalized spacial score (nSPS) is 11.5. The predicted molar refractivity (Wildman–Crippen MR) is 68.5 cm³/mol. The predicted octanol–water partition coefficient (Wildman–Crippen LogP) is 4.09. The Balaban J connectivity index is 2.49. The third kappa shape index (κ3) is 3.09. The fraction of sp³-hybridized carbons (Fsp3) is 0.200. The molecule has 0 aliphatic carbocycles. The van der Waals surface area contributed by atoms with Crippen LogP contribution >= 0.6 is 0 Å². The minimum absolute atomic E-state index is 0.0559. The summed E-state index contributed by atoms with van der Waals surface area (Å²) in [6.45, 7) is 3.43. The molecule has 0 spiro atoms. The quantitative estimate of drug-likeness (QED) is 0.617. The molecule has 0 fully saturated rings. The third-order valence-corrected chi connectivity index (χ3v) is 2.96. The Bertz CT molecular complexity index is 707. The van der Waals surface area contributed by atoms with Gasteiger partial charge in [0.25, 0.3) is 0 Å². The second kappa shape index (κ2) is 5.27. The van der Waals surface area contributed by atoms with Crippen LogP contribution in [-0.2, 0) is 6.18 Å². The highest BCUT2D eigenvalue weighted by Gasteiger charge is 2.34. The second-order valence-corrected chi connectivity index (χ2v) is 4.70. The zero-order valence-electron chi connectivity index (χ0n) is 11.3. The number of benzene rings is 1. The molecule has 1 heterocycles. The summed E-state index contributed by atoms with van der Waals surface area (Å²) in [5.74, 6) is -2.08. The van der Waals surface area contributed by atoms with E-state index in [9.17, 15) is 22.4 Å². The second-order valence-electron chi connectivity index (χ2n) is 4.70. The molecule has 110 valence electrons. The van der Waals surface area contributed by atoms with Gasteiger partial charge in [-0.05, 0) is 43.2 Å². The van der Waals surface area contributed by atoms with Crippen molar-refractivity contribution in [1.82, 2.24) is 4.98 Å². The van der Waals surface area contributed by atoms with Crippen LogP contribution in [0.4, 0.5) is 17.6 Å². The molecule has 21 heavy (non-hydrogen) atoms. The molecule has 0 atom stereocenters. The lowest BCUT2D eigenvalue weighted by Crippen LogP contribution is -2.12. The summed E-state index contributed by atoms with van der Waals surface area (Å²) < 4.78 is 51.2. The molecule has 0 saturated heterocycles. The third-order valence-electron chi connectivity index (χ3n) is 2.96. The minimum Gasteiger partial charge on any atom is -0.287 e. The largest absolute Gasteiger partial charge is 0.419 e. The number of ketones is 1. The van der Waals surface area contributed by atoms with Crippen molar-refractivity contribution in [2.45, 2.75) is 20.0 Å². The number of carbonyl (C=O) groups is 1. The van der Waals surface area contributed by atoms with Gasteiger partial charge in [0.1, 0.15) is 11.5 Å². The van der Waals surface area contributed by atoms with Crippen molar-refractivity contribution >= 4 is 5.78 Å². The average molecular weight is 297 g/mol. The SMILES string of the molecule is Cc1cnc(C(=O)c2ccc(F)c(C(F)(F)F)c2)c(C)c1. The van der Waals surface area contributed by atoms with E-state index in [1.54, 1.807) is 19.9 Å².